The van der Waals surface area contributed by atoms with E-state index in [9.17, 15) is 4.79 Å². The molecule has 3 nitrogen and oxygen atoms in total. The number of nitrogens with one attached hydrogen (secondary N) is 1. The van der Waals surface area contributed by atoms with E-state index >= 15 is 0 Å². The van der Waals surface area contributed by atoms with Gasteiger partial charge >= 0.3 is 0 Å². The van der Waals surface area contributed by atoms with Crippen LogP contribution in [0.1, 0.15) is 16.7 Å². The van der Waals surface area contributed by atoms with E-state index in [1.54, 1.807) is 12.1 Å². The van der Waals surface area contributed by atoms with Crippen molar-refractivity contribution in [3.05, 3.63) is 57.6 Å². The molecule has 0 saturated heterocycles. The van der Waals surface area contributed by atoms with E-state index in [4.69, 9.17) is 5.73 Å². The molecule has 2 aromatic rings. The smallest absolute Gasteiger partial charge is 0.228 e. The monoisotopic (exact) mass is 332 g/mol. The maximum atomic E-state index is 12.1. The lowest BCUT2D eigenvalue weighted by molar-refractivity contribution is -0.115. The summed E-state index contributed by atoms with van der Waals surface area (Å²) in [6, 6.07) is 11.3. The highest BCUT2D eigenvalue weighted by molar-refractivity contribution is 9.10. The Morgan fingerprint density at radius 3 is 2.25 bits per heavy atom. The number of carbonyl (C=O) groups excluding carboxylic acids is 1. The van der Waals surface area contributed by atoms with Crippen molar-refractivity contribution in [2.45, 2.75) is 20.3 Å². The number of hydrogen-bond acceptors (Lipinski definition) is 2. The van der Waals surface area contributed by atoms with Crippen LogP contribution in [0.5, 0.6) is 0 Å². The topological polar surface area (TPSA) is 55.1 Å². The lowest BCUT2D eigenvalue weighted by Crippen LogP contribution is -2.16. The molecule has 0 unspecified atom stereocenters. The minimum Gasteiger partial charge on any atom is -0.399 e. The Morgan fingerprint density at radius 1 is 1.15 bits per heavy atom. The number of rotatable bonds is 3. The molecule has 1 amide bonds. The zero-order valence-corrected chi connectivity index (χ0v) is 13.1. The molecule has 20 heavy (non-hydrogen) atoms. The fourth-order valence-electron chi connectivity index (χ4n) is 2.11. The quantitative estimate of drug-likeness (QED) is 0.839. The van der Waals surface area contributed by atoms with Gasteiger partial charge in [0.25, 0.3) is 0 Å². The van der Waals surface area contributed by atoms with Gasteiger partial charge < -0.3 is 11.1 Å². The van der Waals surface area contributed by atoms with Crippen LogP contribution >= 0.6 is 15.9 Å². The van der Waals surface area contributed by atoms with E-state index in [1.807, 2.05) is 38.1 Å². The third-order valence-electron chi connectivity index (χ3n) is 3.11. The molecule has 3 N–H and O–H groups in total. The number of halogens is 1. The molecule has 2 rings (SSSR count). The molecule has 2 aromatic carbocycles. The van der Waals surface area contributed by atoms with Gasteiger partial charge in [-0.15, -0.1) is 0 Å². The molecule has 0 radical (unpaired) electrons. The van der Waals surface area contributed by atoms with E-state index in [0.717, 1.165) is 26.9 Å². The lowest BCUT2D eigenvalue weighted by Gasteiger charge is -2.12. The molecule has 0 aliphatic heterocycles. The number of hydrogen-bond donors (Lipinski definition) is 2. The molecular formula is C16H17BrN2O. The average Bonchev–Trinajstić information content (AvgIpc) is 2.36. The van der Waals surface area contributed by atoms with Crippen LogP contribution in [0.2, 0.25) is 0 Å². The molecule has 0 atom stereocenters. The first-order valence-electron chi connectivity index (χ1n) is 6.36. The number of anilines is 2. The molecule has 0 saturated carbocycles. The summed E-state index contributed by atoms with van der Waals surface area (Å²) in [5.41, 5.74) is 10.3. The molecule has 4 heteroatoms. The zero-order chi connectivity index (χ0) is 14.7. The van der Waals surface area contributed by atoms with Crippen molar-refractivity contribution < 1.29 is 4.79 Å². The first kappa shape index (κ1) is 14.6. The van der Waals surface area contributed by atoms with Gasteiger partial charge in [-0.05, 0) is 54.8 Å². The Labute approximate surface area is 127 Å². The van der Waals surface area contributed by atoms with Gasteiger partial charge in [0.1, 0.15) is 0 Å². The second-order valence-corrected chi connectivity index (χ2v) is 5.80. The number of benzene rings is 2. The summed E-state index contributed by atoms with van der Waals surface area (Å²) < 4.78 is 1.02. The van der Waals surface area contributed by atoms with Crippen LogP contribution in [0.4, 0.5) is 11.4 Å². The molecule has 104 valence electrons. The normalized spacial score (nSPS) is 10.3. The number of aryl methyl sites for hydroxylation is 2. The van der Waals surface area contributed by atoms with Gasteiger partial charge in [-0.1, -0.05) is 28.1 Å². The Bertz CT molecular complexity index is 612. The van der Waals surface area contributed by atoms with Gasteiger partial charge in [0.2, 0.25) is 5.91 Å². The SMILES string of the molecule is Cc1cc(Br)cc(C)c1NC(=O)Cc1ccc(N)cc1. The Kier molecular flexibility index (Phi) is 4.45. The second-order valence-electron chi connectivity index (χ2n) is 4.88. The summed E-state index contributed by atoms with van der Waals surface area (Å²) in [5, 5.41) is 2.98. The largest absolute Gasteiger partial charge is 0.399 e. The molecule has 0 aliphatic rings. The predicted octanol–water partition coefficient (Wildman–Crippen LogP) is 3.83. The van der Waals surface area contributed by atoms with Gasteiger partial charge in [0.05, 0.1) is 6.42 Å². The van der Waals surface area contributed by atoms with Crippen molar-refractivity contribution in [2.24, 2.45) is 0 Å². The van der Waals surface area contributed by atoms with Crippen LogP contribution in [-0.4, -0.2) is 5.91 Å². The number of carbonyl (C=O) groups is 1. The second kappa shape index (κ2) is 6.09. The fraction of sp³-hybridized carbons (Fsp3) is 0.188. The van der Waals surface area contributed by atoms with Crippen molar-refractivity contribution in [3.63, 3.8) is 0 Å². The Morgan fingerprint density at radius 2 is 1.70 bits per heavy atom. The van der Waals surface area contributed by atoms with Crippen LogP contribution in [0, 0.1) is 13.8 Å². The zero-order valence-electron chi connectivity index (χ0n) is 11.5. The highest BCUT2D eigenvalue weighted by Crippen LogP contribution is 2.25. The van der Waals surface area contributed by atoms with Crippen LogP contribution < -0.4 is 11.1 Å². The standard InChI is InChI=1S/C16H17BrN2O/c1-10-7-13(17)8-11(2)16(10)19-15(20)9-12-3-5-14(18)6-4-12/h3-8H,9,18H2,1-2H3,(H,19,20). The summed E-state index contributed by atoms with van der Waals surface area (Å²) in [6.07, 6.45) is 0.342. The predicted molar refractivity (Wildman–Crippen MR) is 86.8 cm³/mol. The first-order chi connectivity index (χ1) is 9.45. The van der Waals surface area contributed by atoms with Crippen molar-refractivity contribution >= 4 is 33.2 Å². The highest BCUT2D eigenvalue weighted by atomic mass is 79.9. The highest BCUT2D eigenvalue weighted by Gasteiger charge is 2.09. The molecule has 0 heterocycles. The Balaban J connectivity index is 2.10. The lowest BCUT2D eigenvalue weighted by atomic mass is 10.1. The molecule has 0 spiro atoms. The summed E-state index contributed by atoms with van der Waals surface area (Å²) in [6.45, 7) is 3.97. The van der Waals surface area contributed by atoms with Crippen LogP contribution in [0.15, 0.2) is 40.9 Å². The van der Waals surface area contributed by atoms with Crippen molar-refractivity contribution in [1.29, 1.82) is 0 Å². The number of nitrogens with two attached hydrogens (primary N) is 1. The van der Waals surface area contributed by atoms with Gasteiger partial charge in [-0.2, -0.15) is 0 Å². The molecular weight excluding hydrogens is 316 g/mol. The van der Waals surface area contributed by atoms with Crippen molar-refractivity contribution in [1.82, 2.24) is 0 Å². The van der Waals surface area contributed by atoms with Crippen LogP contribution in [0.25, 0.3) is 0 Å². The maximum absolute atomic E-state index is 12.1. The Hall–Kier alpha value is -1.81. The van der Waals surface area contributed by atoms with Crippen molar-refractivity contribution in [3.8, 4) is 0 Å². The summed E-state index contributed by atoms with van der Waals surface area (Å²) in [7, 11) is 0. The van der Waals surface area contributed by atoms with Gasteiger partial charge in [0.15, 0.2) is 0 Å². The van der Waals surface area contributed by atoms with E-state index < -0.39 is 0 Å². The average molecular weight is 333 g/mol. The minimum absolute atomic E-state index is 0.0247. The van der Waals surface area contributed by atoms with Gasteiger partial charge in [-0.3, -0.25) is 4.79 Å². The van der Waals surface area contributed by atoms with Crippen LogP contribution in [0.3, 0.4) is 0 Å². The molecule has 0 aliphatic carbocycles. The van der Waals surface area contributed by atoms with Crippen molar-refractivity contribution in [2.75, 3.05) is 11.1 Å². The number of nitrogen functional groups attached to an aromatic ring is 1. The van der Waals surface area contributed by atoms with Gasteiger partial charge in [-0.25, -0.2) is 0 Å². The summed E-state index contributed by atoms with van der Waals surface area (Å²) in [4.78, 5) is 12.1. The number of amides is 1. The van der Waals surface area contributed by atoms with Gasteiger partial charge in [0, 0.05) is 15.8 Å². The third-order valence-corrected chi connectivity index (χ3v) is 3.56. The van der Waals surface area contributed by atoms with E-state index in [2.05, 4.69) is 21.2 Å². The maximum Gasteiger partial charge on any atom is 0.228 e. The third kappa shape index (κ3) is 3.61. The first-order valence-corrected chi connectivity index (χ1v) is 7.16. The minimum atomic E-state index is -0.0247. The molecule has 0 aromatic heterocycles. The molecule has 0 fully saturated rings. The van der Waals surface area contributed by atoms with E-state index in [1.165, 1.54) is 0 Å². The van der Waals surface area contributed by atoms with E-state index in [-0.39, 0.29) is 5.91 Å². The van der Waals surface area contributed by atoms with Crippen LogP contribution in [-0.2, 0) is 11.2 Å². The van der Waals surface area contributed by atoms with E-state index in [0.29, 0.717) is 12.1 Å². The summed E-state index contributed by atoms with van der Waals surface area (Å²) in [5.74, 6) is -0.0247. The summed E-state index contributed by atoms with van der Waals surface area (Å²) >= 11 is 3.45. The molecule has 0 bridgehead atoms. The fourth-order valence-corrected chi connectivity index (χ4v) is 2.80.